The molecule has 1 aromatic carbocycles. The van der Waals surface area contributed by atoms with Crippen molar-refractivity contribution in [2.75, 3.05) is 6.54 Å². The number of rotatable bonds is 7. The van der Waals surface area contributed by atoms with Crippen molar-refractivity contribution in [2.45, 2.75) is 138 Å². The first-order valence-electron chi connectivity index (χ1n) is 19.1. The summed E-state index contributed by atoms with van der Waals surface area (Å²) < 4.78 is 33.6. The number of nitrogens with one attached hydrogen (secondary N) is 3. The van der Waals surface area contributed by atoms with Gasteiger partial charge in [-0.15, -0.1) is 6.58 Å². The summed E-state index contributed by atoms with van der Waals surface area (Å²) in [5.74, 6) is -2.71. The van der Waals surface area contributed by atoms with Crippen LogP contribution in [0.15, 0.2) is 30.9 Å². The predicted octanol–water partition coefficient (Wildman–Crippen LogP) is 3.35. The summed E-state index contributed by atoms with van der Waals surface area (Å²) in [5, 5.41) is 5.19. The Morgan fingerprint density at radius 2 is 1.65 bits per heavy atom. The van der Waals surface area contributed by atoms with Crippen molar-refractivity contribution in [3.05, 3.63) is 47.5 Å². The summed E-state index contributed by atoms with van der Waals surface area (Å²) in [7, 11) is -3.88. The summed E-state index contributed by atoms with van der Waals surface area (Å²) in [6, 6.07) is 4.19. The average Bonchev–Trinajstić information content (AvgIpc) is 3.90. The quantitative estimate of drug-likeness (QED) is 0.358. The van der Waals surface area contributed by atoms with Crippen LogP contribution < -0.4 is 15.4 Å². The lowest BCUT2D eigenvalue weighted by Crippen LogP contribution is -2.59. The van der Waals surface area contributed by atoms with Gasteiger partial charge in [-0.3, -0.25) is 28.8 Å². The molecule has 0 spiro atoms. The van der Waals surface area contributed by atoms with Crippen LogP contribution in [-0.4, -0.2) is 83.5 Å². The van der Waals surface area contributed by atoms with Gasteiger partial charge in [-0.05, 0) is 74.0 Å². The van der Waals surface area contributed by atoms with E-state index in [1.165, 1.54) is 16.5 Å². The number of hydrogen-bond acceptors (Lipinski definition) is 8. The Kier molecular flexibility index (Phi) is 10.4. The SMILES string of the molecule is C=C[C@H]1C[C@]1(NC(=O)[C@@H]1C[C@@H]2CN1C(=O)[C@H](C1CCCC1)NC(=O)CCCCCCCc1cccc3c1CN(C3)C(=O)O2)C(=O)NS(=O)(=O)C1CC1. The van der Waals surface area contributed by atoms with Crippen LogP contribution in [0.2, 0.25) is 0 Å². The molecule has 6 aliphatic rings. The molecule has 3 heterocycles. The van der Waals surface area contributed by atoms with Crippen molar-refractivity contribution in [2.24, 2.45) is 11.8 Å². The standard InChI is InChI=1S/C38H51N5O8S/c1-2-27-20-38(27,36(47)41-52(49,50)29-17-18-29)40-34(45)31-19-28-22-43(31)35(46)33(25-12-8-9-13-25)39-32(44)16-7-5-3-4-6-11-24-14-10-15-26-21-42(23-30(24)26)37(48)51-28/h2,10,14-15,25,27-29,31,33H,1,3-9,11-13,16-23H2,(H,39,44)(H,40,45)(H,41,47)/t27-,28+,31-,33-,38+/m0/s1. The van der Waals surface area contributed by atoms with Crippen LogP contribution in [0.25, 0.3) is 0 Å². The lowest BCUT2D eigenvalue weighted by atomic mass is 9.95. The van der Waals surface area contributed by atoms with Gasteiger partial charge >= 0.3 is 6.09 Å². The van der Waals surface area contributed by atoms with Crippen molar-refractivity contribution in [3.8, 4) is 0 Å². The lowest BCUT2D eigenvalue weighted by molar-refractivity contribution is -0.143. The number of amides is 5. The van der Waals surface area contributed by atoms with E-state index in [1.54, 1.807) is 4.90 Å². The van der Waals surface area contributed by atoms with E-state index in [4.69, 9.17) is 4.74 Å². The van der Waals surface area contributed by atoms with E-state index in [9.17, 15) is 32.4 Å². The van der Waals surface area contributed by atoms with Crippen LogP contribution in [0.5, 0.6) is 0 Å². The molecule has 0 aromatic heterocycles. The summed E-state index contributed by atoms with van der Waals surface area (Å²) in [6.45, 7) is 4.54. The Labute approximate surface area is 305 Å². The van der Waals surface area contributed by atoms with Crippen LogP contribution in [0.1, 0.15) is 107 Å². The van der Waals surface area contributed by atoms with E-state index in [0.717, 1.165) is 68.9 Å². The van der Waals surface area contributed by atoms with E-state index in [2.05, 4.69) is 28.0 Å². The fraction of sp³-hybridized carbons (Fsp3) is 0.658. The first kappa shape index (κ1) is 36.4. The monoisotopic (exact) mass is 737 g/mol. The maximum Gasteiger partial charge on any atom is 0.410 e. The number of aryl methyl sites for hydroxylation is 1. The molecule has 3 N–H and O–H groups in total. The highest BCUT2D eigenvalue weighted by atomic mass is 32.2. The van der Waals surface area contributed by atoms with Crippen LogP contribution >= 0.6 is 0 Å². The number of nitrogens with zero attached hydrogens (tertiary/aromatic N) is 2. The Bertz CT molecular complexity index is 1720. The number of hydrogen-bond donors (Lipinski definition) is 3. The Morgan fingerprint density at radius 1 is 0.942 bits per heavy atom. The Hall–Kier alpha value is -3.94. The van der Waals surface area contributed by atoms with Gasteiger partial charge < -0.3 is 20.3 Å². The van der Waals surface area contributed by atoms with E-state index in [1.807, 2.05) is 12.1 Å². The van der Waals surface area contributed by atoms with Gasteiger partial charge in [0.1, 0.15) is 23.7 Å². The van der Waals surface area contributed by atoms with Crippen molar-refractivity contribution in [1.29, 1.82) is 0 Å². The van der Waals surface area contributed by atoms with Crippen LogP contribution in [0.4, 0.5) is 4.79 Å². The minimum absolute atomic E-state index is 0.0164. The maximum absolute atomic E-state index is 14.6. The summed E-state index contributed by atoms with van der Waals surface area (Å²) in [4.78, 5) is 72.2. The third-order valence-corrected chi connectivity index (χ3v) is 13.8. The molecule has 7 rings (SSSR count). The molecule has 1 aromatic rings. The molecule has 4 fully saturated rings. The summed E-state index contributed by atoms with van der Waals surface area (Å²) >= 11 is 0. The Balaban J connectivity index is 1.15. The first-order chi connectivity index (χ1) is 25.0. The molecule has 14 heteroatoms. The molecule has 13 nitrogen and oxygen atoms in total. The molecular weight excluding hydrogens is 687 g/mol. The van der Waals surface area contributed by atoms with Gasteiger partial charge in [-0.25, -0.2) is 13.2 Å². The molecule has 3 aliphatic carbocycles. The fourth-order valence-electron chi connectivity index (χ4n) is 8.69. The van der Waals surface area contributed by atoms with E-state index < -0.39 is 68.7 Å². The second-order valence-electron chi connectivity index (χ2n) is 15.7. The topological polar surface area (TPSA) is 171 Å². The molecule has 282 valence electrons. The van der Waals surface area contributed by atoms with Crippen LogP contribution in [0, 0.1) is 11.8 Å². The molecule has 5 amide bonds. The number of sulfonamides is 1. The Morgan fingerprint density at radius 3 is 2.37 bits per heavy atom. The normalized spacial score (nSPS) is 30.3. The number of benzene rings is 1. The lowest BCUT2D eigenvalue weighted by Gasteiger charge is -2.32. The average molecular weight is 738 g/mol. The second-order valence-corrected chi connectivity index (χ2v) is 17.7. The largest absolute Gasteiger partial charge is 0.444 e. The zero-order valence-electron chi connectivity index (χ0n) is 29.8. The highest BCUT2D eigenvalue weighted by molar-refractivity contribution is 7.91. The second kappa shape index (κ2) is 14.8. The smallest absolute Gasteiger partial charge is 0.410 e. The molecular formula is C38H51N5O8S. The number of carbonyl (C=O) groups is 5. The van der Waals surface area contributed by atoms with Gasteiger partial charge in [0.15, 0.2) is 0 Å². The molecule has 5 atom stereocenters. The molecule has 3 aliphatic heterocycles. The third-order valence-electron chi connectivity index (χ3n) is 12.0. The molecule has 1 saturated heterocycles. The van der Waals surface area contributed by atoms with E-state index >= 15 is 0 Å². The number of fused-ring (bicyclic) bond motifs is 3. The molecule has 3 saturated carbocycles. The van der Waals surface area contributed by atoms with Crippen molar-refractivity contribution >= 4 is 39.7 Å². The van der Waals surface area contributed by atoms with Crippen LogP contribution in [0.3, 0.4) is 0 Å². The van der Waals surface area contributed by atoms with Gasteiger partial charge in [-0.2, -0.15) is 0 Å². The minimum atomic E-state index is -3.88. The van der Waals surface area contributed by atoms with Gasteiger partial charge in [0.25, 0.3) is 5.91 Å². The summed E-state index contributed by atoms with van der Waals surface area (Å²) in [6.07, 6.45) is 10.5. The van der Waals surface area contributed by atoms with E-state index in [-0.39, 0.29) is 31.2 Å². The van der Waals surface area contributed by atoms with Crippen molar-refractivity contribution < 1.29 is 37.1 Å². The summed E-state index contributed by atoms with van der Waals surface area (Å²) in [5.41, 5.74) is 1.90. The maximum atomic E-state index is 14.6. The fourth-order valence-corrected chi connectivity index (χ4v) is 10.1. The molecule has 4 bridgehead atoms. The highest BCUT2D eigenvalue weighted by Gasteiger charge is 2.62. The predicted molar refractivity (Wildman–Crippen MR) is 191 cm³/mol. The third kappa shape index (κ3) is 7.58. The number of carbonyl (C=O) groups excluding carboxylic acids is 5. The number of ether oxygens (including phenoxy) is 1. The van der Waals surface area contributed by atoms with Gasteiger partial charge in [-0.1, -0.05) is 56.4 Å². The highest BCUT2D eigenvalue weighted by Crippen LogP contribution is 2.45. The minimum Gasteiger partial charge on any atom is -0.444 e. The van der Waals surface area contributed by atoms with E-state index in [0.29, 0.717) is 38.8 Å². The molecule has 52 heavy (non-hydrogen) atoms. The first-order valence-corrected chi connectivity index (χ1v) is 20.7. The zero-order chi connectivity index (χ0) is 36.6. The van der Waals surface area contributed by atoms with Gasteiger partial charge in [0.05, 0.1) is 11.8 Å². The van der Waals surface area contributed by atoms with Crippen LogP contribution in [-0.2, 0) is 53.4 Å². The van der Waals surface area contributed by atoms with Crippen molar-refractivity contribution in [3.63, 3.8) is 0 Å². The van der Waals surface area contributed by atoms with Gasteiger partial charge in [0.2, 0.25) is 27.7 Å². The molecule has 0 unspecified atom stereocenters. The van der Waals surface area contributed by atoms with Crippen molar-refractivity contribution in [1.82, 2.24) is 25.2 Å². The zero-order valence-corrected chi connectivity index (χ0v) is 30.6. The molecule has 0 radical (unpaired) electrons. The van der Waals surface area contributed by atoms with Gasteiger partial charge in [0, 0.05) is 31.8 Å².